The first kappa shape index (κ1) is 24.7. The van der Waals surface area contributed by atoms with Crippen molar-refractivity contribution in [3.05, 3.63) is 64.7 Å². The molecule has 168 valence electrons. The van der Waals surface area contributed by atoms with Crippen LogP contribution in [-0.2, 0) is 32.6 Å². The molecule has 0 aromatic heterocycles. The van der Waals surface area contributed by atoms with Crippen LogP contribution in [0.1, 0.15) is 25.0 Å². The summed E-state index contributed by atoms with van der Waals surface area (Å²) < 4.78 is 26.3. The van der Waals surface area contributed by atoms with E-state index in [1.54, 1.807) is 43.3 Å². The Morgan fingerprint density at radius 1 is 1.06 bits per heavy atom. The number of halogens is 1. The zero-order valence-corrected chi connectivity index (χ0v) is 19.7. The molecular formula is C22H28ClN3O4S. The van der Waals surface area contributed by atoms with E-state index in [4.69, 9.17) is 11.6 Å². The molecular weight excluding hydrogens is 438 g/mol. The van der Waals surface area contributed by atoms with Crippen LogP contribution >= 0.6 is 11.6 Å². The highest BCUT2D eigenvalue weighted by molar-refractivity contribution is 7.92. The first-order valence-corrected chi connectivity index (χ1v) is 12.1. The fourth-order valence-corrected chi connectivity index (χ4v) is 4.33. The van der Waals surface area contributed by atoms with Crippen LogP contribution in [-0.4, -0.2) is 51.0 Å². The number of rotatable bonds is 9. The van der Waals surface area contributed by atoms with Gasteiger partial charge in [0.05, 0.1) is 11.9 Å². The van der Waals surface area contributed by atoms with Gasteiger partial charge in [0.15, 0.2) is 0 Å². The van der Waals surface area contributed by atoms with Gasteiger partial charge >= 0.3 is 0 Å². The Morgan fingerprint density at radius 3 is 2.19 bits per heavy atom. The van der Waals surface area contributed by atoms with E-state index in [0.717, 1.165) is 16.1 Å². The van der Waals surface area contributed by atoms with Crippen molar-refractivity contribution in [3.8, 4) is 0 Å². The van der Waals surface area contributed by atoms with Crippen molar-refractivity contribution in [2.45, 2.75) is 32.9 Å². The number of nitrogens with one attached hydrogen (secondary N) is 1. The van der Waals surface area contributed by atoms with E-state index in [9.17, 15) is 18.0 Å². The SMILES string of the molecule is CCc1ccccc1N(CC(=O)N(Cc1ccccc1Cl)[C@@H](C)C(=O)NC)S(C)(=O)=O. The Labute approximate surface area is 189 Å². The summed E-state index contributed by atoms with van der Waals surface area (Å²) in [5.74, 6) is -0.868. The van der Waals surface area contributed by atoms with Gasteiger partial charge in [0, 0.05) is 18.6 Å². The van der Waals surface area contributed by atoms with Gasteiger partial charge in [0.1, 0.15) is 12.6 Å². The minimum atomic E-state index is -3.75. The highest BCUT2D eigenvalue weighted by Gasteiger charge is 2.30. The summed E-state index contributed by atoms with van der Waals surface area (Å²) in [6.45, 7) is 3.15. The number of carbonyl (C=O) groups excluding carboxylic acids is 2. The number of carbonyl (C=O) groups is 2. The summed E-state index contributed by atoms with van der Waals surface area (Å²) in [5, 5.41) is 3.00. The van der Waals surface area contributed by atoms with Crippen molar-refractivity contribution in [1.29, 1.82) is 0 Å². The molecule has 0 aliphatic rings. The standard InChI is InChI=1S/C22H28ClN3O4S/c1-5-17-10-7-9-13-20(17)26(31(4,29)30)15-21(27)25(16(2)22(28)24-3)14-18-11-6-8-12-19(18)23/h6-13,16H,5,14-15H2,1-4H3,(H,24,28)/t16-/m0/s1. The molecule has 0 fully saturated rings. The number of hydrogen-bond donors (Lipinski definition) is 1. The molecule has 0 heterocycles. The maximum atomic E-state index is 13.3. The zero-order valence-electron chi connectivity index (χ0n) is 18.1. The van der Waals surface area contributed by atoms with Gasteiger partial charge < -0.3 is 10.2 Å². The van der Waals surface area contributed by atoms with Crippen molar-refractivity contribution >= 4 is 39.1 Å². The third-order valence-corrected chi connectivity index (χ3v) is 6.53. The molecule has 0 saturated carbocycles. The summed E-state index contributed by atoms with van der Waals surface area (Å²) in [4.78, 5) is 27.0. The van der Waals surface area contributed by atoms with Gasteiger partial charge in [0.2, 0.25) is 21.8 Å². The van der Waals surface area contributed by atoms with Crippen molar-refractivity contribution in [1.82, 2.24) is 10.2 Å². The molecule has 2 aromatic carbocycles. The van der Waals surface area contributed by atoms with E-state index in [1.165, 1.54) is 11.9 Å². The third kappa shape index (κ3) is 6.21. The van der Waals surface area contributed by atoms with Crippen LogP contribution in [0.5, 0.6) is 0 Å². The predicted molar refractivity (Wildman–Crippen MR) is 124 cm³/mol. The largest absolute Gasteiger partial charge is 0.357 e. The molecule has 7 nitrogen and oxygen atoms in total. The Balaban J connectivity index is 2.44. The number of para-hydroxylation sites is 1. The summed E-state index contributed by atoms with van der Waals surface area (Å²) >= 11 is 6.26. The maximum Gasteiger partial charge on any atom is 0.244 e. The molecule has 0 saturated heterocycles. The molecule has 2 rings (SSSR count). The minimum absolute atomic E-state index is 0.0696. The second-order valence-electron chi connectivity index (χ2n) is 7.16. The van der Waals surface area contributed by atoms with Crippen molar-refractivity contribution in [2.75, 3.05) is 24.2 Å². The number of nitrogens with zero attached hydrogens (tertiary/aromatic N) is 2. The van der Waals surface area contributed by atoms with Gasteiger partial charge in [-0.15, -0.1) is 0 Å². The summed E-state index contributed by atoms with van der Waals surface area (Å²) in [6, 6.07) is 13.2. The van der Waals surface area contributed by atoms with Gasteiger partial charge in [-0.1, -0.05) is 54.9 Å². The van der Waals surface area contributed by atoms with E-state index in [0.29, 0.717) is 22.7 Å². The predicted octanol–water partition coefficient (Wildman–Crippen LogP) is 2.83. The number of anilines is 1. The molecule has 2 aromatic rings. The Morgan fingerprint density at radius 2 is 1.65 bits per heavy atom. The molecule has 0 spiro atoms. The second-order valence-corrected chi connectivity index (χ2v) is 9.47. The van der Waals surface area contributed by atoms with Crippen LogP contribution in [0.15, 0.2) is 48.5 Å². The van der Waals surface area contributed by atoms with Gasteiger partial charge in [-0.3, -0.25) is 13.9 Å². The van der Waals surface area contributed by atoms with Gasteiger partial charge in [-0.2, -0.15) is 0 Å². The second kappa shape index (κ2) is 10.6. The fourth-order valence-electron chi connectivity index (χ4n) is 3.25. The Bertz CT molecular complexity index is 1040. The average Bonchev–Trinajstić information content (AvgIpc) is 2.74. The summed E-state index contributed by atoms with van der Waals surface area (Å²) in [7, 11) is -2.27. The molecule has 0 aliphatic carbocycles. The lowest BCUT2D eigenvalue weighted by Crippen LogP contribution is -2.50. The van der Waals surface area contributed by atoms with Crippen molar-refractivity contribution < 1.29 is 18.0 Å². The fraction of sp³-hybridized carbons (Fsp3) is 0.364. The zero-order chi connectivity index (χ0) is 23.2. The van der Waals surface area contributed by atoms with Gasteiger partial charge in [-0.05, 0) is 36.6 Å². The van der Waals surface area contributed by atoms with Crippen LogP contribution in [0.3, 0.4) is 0 Å². The smallest absolute Gasteiger partial charge is 0.244 e. The number of likely N-dealkylation sites (N-methyl/N-ethyl adjacent to an activating group) is 1. The monoisotopic (exact) mass is 465 g/mol. The van der Waals surface area contributed by atoms with Crippen LogP contribution in [0.4, 0.5) is 5.69 Å². The molecule has 1 atom stereocenters. The molecule has 0 unspecified atom stereocenters. The van der Waals surface area contributed by atoms with E-state index in [2.05, 4.69) is 5.32 Å². The number of benzene rings is 2. The number of hydrogen-bond acceptors (Lipinski definition) is 4. The summed E-state index contributed by atoms with van der Waals surface area (Å²) in [6.07, 6.45) is 1.67. The van der Waals surface area contributed by atoms with Crippen LogP contribution in [0.2, 0.25) is 5.02 Å². The first-order valence-electron chi connectivity index (χ1n) is 9.90. The molecule has 0 radical (unpaired) electrons. The Kier molecular flexibility index (Phi) is 8.47. The molecule has 0 aliphatic heterocycles. The number of sulfonamides is 1. The normalized spacial score (nSPS) is 12.2. The summed E-state index contributed by atoms with van der Waals surface area (Å²) in [5.41, 5.74) is 1.91. The molecule has 1 N–H and O–H groups in total. The third-order valence-electron chi connectivity index (χ3n) is 5.03. The molecule has 2 amide bonds. The van der Waals surface area contributed by atoms with E-state index < -0.39 is 28.5 Å². The van der Waals surface area contributed by atoms with Crippen molar-refractivity contribution in [3.63, 3.8) is 0 Å². The molecule has 0 bridgehead atoms. The van der Waals surface area contributed by atoms with E-state index in [1.807, 2.05) is 19.1 Å². The Hall–Kier alpha value is -2.58. The highest BCUT2D eigenvalue weighted by atomic mass is 35.5. The molecule has 31 heavy (non-hydrogen) atoms. The lowest BCUT2D eigenvalue weighted by Gasteiger charge is -2.32. The lowest BCUT2D eigenvalue weighted by molar-refractivity contribution is -0.139. The lowest BCUT2D eigenvalue weighted by atomic mass is 10.1. The van der Waals surface area contributed by atoms with Gasteiger partial charge in [-0.25, -0.2) is 8.42 Å². The molecule has 9 heteroatoms. The number of amides is 2. The van der Waals surface area contributed by atoms with E-state index >= 15 is 0 Å². The van der Waals surface area contributed by atoms with Crippen LogP contribution in [0, 0.1) is 0 Å². The minimum Gasteiger partial charge on any atom is -0.357 e. The maximum absolute atomic E-state index is 13.3. The average molecular weight is 466 g/mol. The van der Waals surface area contributed by atoms with E-state index in [-0.39, 0.29) is 12.5 Å². The van der Waals surface area contributed by atoms with Crippen LogP contribution in [0.25, 0.3) is 0 Å². The number of aryl methyl sites for hydroxylation is 1. The quantitative estimate of drug-likeness (QED) is 0.617. The highest BCUT2D eigenvalue weighted by Crippen LogP contribution is 2.24. The van der Waals surface area contributed by atoms with Crippen LogP contribution < -0.4 is 9.62 Å². The topological polar surface area (TPSA) is 86.8 Å². The van der Waals surface area contributed by atoms with Crippen molar-refractivity contribution in [2.24, 2.45) is 0 Å². The van der Waals surface area contributed by atoms with Gasteiger partial charge in [0.25, 0.3) is 0 Å². The first-order chi connectivity index (χ1) is 14.6.